The Kier molecular flexibility index (Phi) is 6.47. The lowest BCUT2D eigenvalue weighted by molar-refractivity contribution is -0.132. The Morgan fingerprint density at radius 1 is 1.65 bits per heavy atom. The Morgan fingerprint density at radius 3 is 3.06 bits per heavy atom. The van der Waals surface area contributed by atoms with Crippen LogP contribution in [-0.2, 0) is 9.53 Å². The minimum atomic E-state index is -0.149. The molecule has 1 fully saturated rings. The second-order valence-electron chi connectivity index (χ2n) is 4.72. The number of nitrogens with zero attached hydrogens (tertiary/aromatic N) is 1. The lowest BCUT2D eigenvalue weighted by Gasteiger charge is -2.35. The second-order valence-corrected chi connectivity index (χ2v) is 4.72. The van der Waals surface area contributed by atoms with Crippen LogP contribution in [0.25, 0.3) is 0 Å². The van der Waals surface area contributed by atoms with Crippen molar-refractivity contribution in [1.29, 1.82) is 0 Å². The van der Waals surface area contributed by atoms with Gasteiger partial charge in [-0.05, 0) is 18.9 Å². The largest absolute Gasteiger partial charge is 0.378 e. The van der Waals surface area contributed by atoms with Gasteiger partial charge in [0.1, 0.15) is 6.04 Å². The molecule has 0 spiro atoms. The Balaban J connectivity index is 2.49. The minimum absolute atomic E-state index is 0.0794. The molecule has 2 unspecified atom stereocenters. The highest BCUT2D eigenvalue weighted by Gasteiger charge is 2.29. The summed E-state index contributed by atoms with van der Waals surface area (Å²) in [6, 6.07) is -0.149. The predicted octanol–water partition coefficient (Wildman–Crippen LogP) is -0.192. The van der Waals surface area contributed by atoms with Gasteiger partial charge in [-0.15, -0.1) is 0 Å². The van der Waals surface area contributed by atoms with E-state index < -0.39 is 0 Å². The summed E-state index contributed by atoms with van der Waals surface area (Å²) < 4.78 is 5.39. The molecule has 5 nitrogen and oxygen atoms in total. The first-order chi connectivity index (χ1) is 8.19. The highest BCUT2D eigenvalue weighted by Crippen LogP contribution is 2.10. The molecule has 5 heteroatoms. The zero-order valence-corrected chi connectivity index (χ0v) is 10.9. The topological polar surface area (TPSA) is 67.6 Å². The summed E-state index contributed by atoms with van der Waals surface area (Å²) in [5, 5.41) is 2.93. The zero-order chi connectivity index (χ0) is 12.7. The van der Waals surface area contributed by atoms with Crippen molar-refractivity contribution >= 4 is 5.91 Å². The maximum Gasteiger partial charge on any atom is 0.239 e. The van der Waals surface area contributed by atoms with Gasteiger partial charge in [0, 0.05) is 19.6 Å². The normalized spacial score (nSPS) is 23.4. The van der Waals surface area contributed by atoms with Crippen LogP contribution < -0.4 is 11.1 Å². The van der Waals surface area contributed by atoms with Gasteiger partial charge in [0.25, 0.3) is 0 Å². The van der Waals surface area contributed by atoms with E-state index in [0.29, 0.717) is 25.7 Å². The van der Waals surface area contributed by atoms with Crippen LogP contribution in [0.2, 0.25) is 0 Å². The lowest BCUT2D eigenvalue weighted by Crippen LogP contribution is -2.55. The van der Waals surface area contributed by atoms with Gasteiger partial charge < -0.3 is 15.8 Å². The van der Waals surface area contributed by atoms with Crippen LogP contribution in [0.4, 0.5) is 0 Å². The summed E-state index contributed by atoms with van der Waals surface area (Å²) in [7, 11) is 0. The fraction of sp³-hybridized carbons (Fsp3) is 0.917. The molecule has 0 aromatic rings. The average molecular weight is 243 g/mol. The van der Waals surface area contributed by atoms with Crippen LogP contribution >= 0.6 is 0 Å². The fourth-order valence-electron chi connectivity index (χ4n) is 1.94. The molecular formula is C12H25N3O2. The molecule has 1 rings (SSSR count). The Bertz CT molecular complexity index is 236. The number of carbonyl (C=O) groups is 1. The van der Waals surface area contributed by atoms with Crippen LogP contribution in [0.1, 0.15) is 20.3 Å². The maximum atomic E-state index is 12.0. The molecule has 0 radical (unpaired) electrons. The molecule has 17 heavy (non-hydrogen) atoms. The quantitative estimate of drug-likeness (QED) is 0.678. The van der Waals surface area contributed by atoms with Crippen LogP contribution in [-0.4, -0.2) is 56.2 Å². The Hall–Kier alpha value is -0.650. The summed E-state index contributed by atoms with van der Waals surface area (Å²) >= 11 is 0. The molecule has 1 saturated heterocycles. The van der Waals surface area contributed by atoms with Crippen LogP contribution in [0.3, 0.4) is 0 Å². The van der Waals surface area contributed by atoms with E-state index >= 15 is 0 Å². The van der Waals surface area contributed by atoms with Crippen molar-refractivity contribution in [3.63, 3.8) is 0 Å². The molecule has 1 aliphatic rings. The third-order valence-corrected chi connectivity index (χ3v) is 3.04. The fourth-order valence-corrected chi connectivity index (χ4v) is 1.94. The smallest absolute Gasteiger partial charge is 0.239 e. The molecule has 100 valence electrons. The van der Waals surface area contributed by atoms with Crippen molar-refractivity contribution in [2.75, 3.05) is 39.4 Å². The molecule has 0 bridgehead atoms. The summed E-state index contributed by atoms with van der Waals surface area (Å²) in [4.78, 5) is 14.2. The Morgan fingerprint density at radius 2 is 2.41 bits per heavy atom. The predicted molar refractivity (Wildman–Crippen MR) is 67.7 cm³/mol. The van der Waals surface area contributed by atoms with E-state index in [1.165, 1.54) is 0 Å². The van der Waals surface area contributed by atoms with Crippen LogP contribution in [0.5, 0.6) is 0 Å². The number of carbonyl (C=O) groups excluding carboxylic acids is 1. The molecule has 0 aromatic heterocycles. The molecule has 0 aliphatic carbocycles. The van der Waals surface area contributed by atoms with Crippen molar-refractivity contribution in [3.05, 3.63) is 0 Å². The van der Waals surface area contributed by atoms with Crippen molar-refractivity contribution in [3.8, 4) is 0 Å². The van der Waals surface area contributed by atoms with Crippen molar-refractivity contribution in [1.82, 2.24) is 10.2 Å². The van der Waals surface area contributed by atoms with Gasteiger partial charge in [-0.25, -0.2) is 0 Å². The number of amides is 1. The van der Waals surface area contributed by atoms with Crippen molar-refractivity contribution < 1.29 is 9.53 Å². The van der Waals surface area contributed by atoms with Gasteiger partial charge in [0.15, 0.2) is 0 Å². The zero-order valence-electron chi connectivity index (χ0n) is 10.9. The monoisotopic (exact) mass is 243 g/mol. The molecule has 1 aliphatic heterocycles. The lowest BCUT2D eigenvalue weighted by atomic mass is 10.1. The third-order valence-electron chi connectivity index (χ3n) is 3.04. The third kappa shape index (κ3) is 4.61. The van der Waals surface area contributed by atoms with Gasteiger partial charge >= 0.3 is 0 Å². The second kappa shape index (κ2) is 7.63. The van der Waals surface area contributed by atoms with E-state index in [2.05, 4.69) is 17.1 Å². The molecule has 1 heterocycles. The van der Waals surface area contributed by atoms with E-state index in [1.807, 2.05) is 6.92 Å². The number of hydrogen-bond donors (Lipinski definition) is 2. The first-order valence-corrected chi connectivity index (χ1v) is 6.48. The highest BCUT2D eigenvalue weighted by atomic mass is 16.5. The molecule has 0 saturated carbocycles. The number of nitrogens with two attached hydrogens (primary N) is 1. The minimum Gasteiger partial charge on any atom is -0.378 e. The summed E-state index contributed by atoms with van der Waals surface area (Å²) in [6.45, 7) is 8.42. The van der Waals surface area contributed by atoms with E-state index in [-0.39, 0.29) is 11.9 Å². The summed E-state index contributed by atoms with van der Waals surface area (Å²) in [5.41, 5.74) is 5.63. The van der Waals surface area contributed by atoms with Crippen LogP contribution in [0.15, 0.2) is 0 Å². The van der Waals surface area contributed by atoms with Crippen LogP contribution in [0, 0.1) is 5.92 Å². The maximum absolute atomic E-state index is 12.0. The van der Waals surface area contributed by atoms with Gasteiger partial charge in [0.2, 0.25) is 5.91 Å². The number of ether oxygens (including phenoxy) is 1. The Labute approximate surface area is 104 Å². The van der Waals surface area contributed by atoms with Gasteiger partial charge in [0.05, 0.1) is 13.2 Å². The van der Waals surface area contributed by atoms with E-state index in [9.17, 15) is 4.79 Å². The molecule has 1 amide bonds. The van der Waals surface area contributed by atoms with E-state index in [4.69, 9.17) is 10.5 Å². The number of morpholine rings is 1. The van der Waals surface area contributed by atoms with Gasteiger partial charge in [-0.2, -0.15) is 0 Å². The van der Waals surface area contributed by atoms with Gasteiger partial charge in [-0.1, -0.05) is 13.8 Å². The average Bonchev–Trinajstić information content (AvgIpc) is 2.36. The number of rotatable bonds is 6. The highest BCUT2D eigenvalue weighted by molar-refractivity contribution is 5.81. The van der Waals surface area contributed by atoms with Crippen molar-refractivity contribution in [2.45, 2.75) is 26.3 Å². The van der Waals surface area contributed by atoms with Crippen molar-refractivity contribution in [2.24, 2.45) is 11.7 Å². The summed E-state index contributed by atoms with van der Waals surface area (Å²) in [5.74, 6) is 0.491. The van der Waals surface area contributed by atoms with Gasteiger partial charge in [-0.3, -0.25) is 9.69 Å². The molecule has 3 N–H and O–H groups in total. The SMILES string of the molecule is CCCNC(=O)C1COCCN1CC(C)CN. The molecule has 0 aromatic carbocycles. The summed E-state index contributed by atoms with van der Waals surface area (Å²) in [6.07, 6.45) is 0.957. The number of nitrogens with one attached hydrogen (secondary N) is 1. The van der Waals surface area contributed by atoms with E-state index in [1.54, 1.807) is 0 Å². The molecular weight excluding hydrogens is 218 g/mol. The first-order valence-electron chi connectivity index (χ1n) is 6.48. The number of hydrogen-bond acceptors (Lipinski definition) is 4. The molecule has 2 atom stereocenters. The van der Waals surface area contributed by atoms with E-state index in [0.717, 1.165) is 26.1 Å². The standard InChI is InChI=1S/C12H25N3O2/c1-3-4-14-12(16)11-9-17-6-5-15(11)8-10(2)7-13/h10-11H,3-9,13H2,1-2H3,(H,14,16). The first kappa shape index (κ1) is 14.4.